The smallest absolute Gasteiger partial charge is 0.258 e. The molecular formula is C14H17N5O2. The number of hydrogen-bond acceptors (Lipinski definition) is 4. The molecule has 0 bridgehead atoms. The highest BCUT2D eigenvalue weighted by molar-refractivity contribution is 5.73. The number of hydrogen-bond donors (Lipinski definition) is 1. The molecule has 1 amide bonds. The maximum atomic E-state index is 12.6. The Morgan fingerprint density at radius 3 is 2.76 bits per heavy atom. The summed E-state index contributed by atoms with van der Waals surface area (Å²) in [7, 11) is 0. The molecule has 7 heteroatoms. The number of aromatic nitrogens is 4. The predicted octanol–water partition coefficient (Wildman–Crippen LogP) is 0.0198. The first-order valence-corrected chi connectivity index (χ1v) is 6.92. The number of carbonyl (C=O) groups excluding carboxylic acids is 1. The van der Waals surface area contributed by atoms with E-state index in [1.165, 1.54) is 4.57 Å². The zero-order valence-corrected chi connectivity index (χ0v) is 12.1. The number of nitrogens with two attached hydrogens (primary N) is 1. The van der Waals surface area contributed by atoms with Crippen LogP contribution < -0.4 is 11.3 Å². The van der Waals surface area contributed by atoms with E-state index in [0.717, 1.165) is 29.9 Å². The van der Waals surface area contributed by atoms with Crippen molar-refractivity contribution < 1.29 is 4.79 Å². The van der Waals surface area contributed by atoms with Gasteiger partial charge in [-0.3, -0.25) is 14.2 Å². The van der Waals surface area contributed by atoms with E-state index < -0.39 is 5.91 Å². The van der Waals surface area contributed by atoms with Gasteiger partial charge < -0.3 is 5.73 Å². The molecule has 0 spiro atoms. The second-order valence-corrected chi connectivity index (χ2v) is 5.39. The average Bonchev–Trinajstić information content (AvgIpc) is 2.98. The summed E-state index contributed by atoms with van der Waals surface area (Å²) in [6, 6.07) is 1.90. The van der Waals surface area contributed by atoms with Gasteiger partial charge in [-0.05, 0) is 39.2 Å². The summed E-state index contributed by atoms with van der Waals surface area (Å²) in [6.07, 6.45) is 2.40. The second kappa shape index (κ2) is 4.83. The van der Waals surface area contributed by atoms with E-state index in [1.54, 1.807) is 4.68 Å². The van der Waals surface area contributed by atoms with Crippen LogP contribution in [-0.4, -0.2) is 25.2 Å². The fraction of sp³-hybridized carbons (Fsp3) is 0.429. The summed E-state index contributed by atoms with van der Waals surface area (Å²) in [5.41, 5.74) is 8.28. The van der Waals surface area contributed by atoms with Crippen LogP contribution >= 0.6 is 0 Å². The maximum absolute atomic E-state index is 12.6. The predicted molar refractivity (Wildman–Crippen MR) is 76.3 cm³/mol. The third kappa shape index (κ3) is 2.24. The van der Waals surface area contributed by atoms with Crippen molar-refractivity contribution in [3.8, 4) is 5.95 Å². The molecule has 2 N–H and O–H groups in total. The highest BCUT2D eigenvalue weighted by Crippen LogP contribution is 2.19. The topological polar surface area (TPSA) is 95.8 Å². The van der Waals surface area contributed by atoms with Gasteiger partial charge in [0.1, 0.15) is 6.54 Å². The SMILES string of the molecule is Cc1cc(C)n(-c2nc3c(c(=O)n2CC(N)=O)CCC3)n1. The molecule has 0 aromatic carbocycles. The van der Waals surface area contributed by atoms with Crippen LogP contribution in [0.4, 0.5) is 0 Å². The average molecular weight is 287 g/mol. The molecule has 1 aliphatic rings. The fourth-order valence-electron chi connectivity index (χ4n) is 2.81. The molecule has 0 radical (unpaired) electrons. The molecule has 0 saturated carbocycles. The van der Waals surface area contributed by atoms with Crippen LogP contribution in [0.25, 0.3) is 5.95 Å². The Morgan fingerprint density at radius 2 is 2.14 bits per heavy atom. The van der Waals surface area contributed by atoms with E-state index in [9.17, 15) is 9.59 Å². The molecule has 0 fully saturated rings. The van der Waals surface area contributed by atoms with Gasteiger partial charge in [-0.25, -0.2) is 9.67 Å². The molecule has 2 aromatic rings. The van der Waals surface area contributed by atoms with Crippen molar-refractivity contribution in [2.45, 2.75) is 39.7 Å². The fourth-order valence-corrected chi connectivity index (χ4v) is 2.81. The van der Waals surface area contributed by atoms with Gasteiger partial charge in [-0.1, -0.05) is 0 Å². The lowest BCUT2D eigenvalue weighted by molar-refractivity contribution is -0.118. The van der Waals surface area contributed by atoms with E-state index in [-0.39, 0.29) is 12.1 Å². The minimum absolute atomic E-state index is 0.182. The van der Waals surface area contributed by atoms with Crippen molar-refractivity contribution >= 4 is 5.91 Å². The summed E-state index contributed by atoms with van der Waals surface area (Å²) in [5, 5.41) is 4.36. The Morgan fingerprint density at radius 1 is 1.38 bits per heavy atom. The minimum atomic E-state index is -0.570. The summed E-state index contributed by atoms with van der Waals surface area (Å²) in [4.78, 5) is 28.4. The van der Waals surface area contributed by atoms with Crippen molar-refractivity contribution in [2.24, 2.45) is 5.73 Å². The molecule has 0 unspecified atom stereocenters. The summed E-state index contributed by atoms with van der Waals surface area (Å²) >= 11 is 0. The number of primary amides is 1. The van der Waals surface area contributed by atoms with Gasteiger partial charge in [0.2, 0.25) is 11.9 Å². The van der Waals surface area contributed by atoms with Crippen molar-refractivity contribution in [1.29, 1.82) is 0 Å². The first-order chi connectivity index (χ1) is 9.97. The molecule has 1 aliphatic carbocycles. The molecule has 0 saturated heterocycles. The Balaban J connectivity index is 2.28. The van der Waals surface area contributed by atoms with Crippen molar-refractivity contribution in [3.63, 3.8) is 0 Å². The highest BCUT2D eigenvalue weighted by atomic mass is 16.2. The standard InChI is InChI=1S/C14H17N5O2/c1-8-6-9(2)19(17-8)14-16-11-5-3-4-10(11)13(21)18(14)7-12(15)20/h6H,3-5,7H2,1-2H3,(H2,15,20). The molecule has 2 aromatic heterocycles. The first kappa shape index (κ1) is 13.5. The van der Waals surface area contributed by atoms with Gasteiger partial charge in [-0.2, -0.15) is 5.10 Å². The van der Waals surface area contributed by atoms with E-state index >= 15 is 0 Å². The van der Waals surface area contributed by atoms with Gasteiger partial charge in [-0.15, -0.1) is 0 Å². The van der Waals surface area contributed by atoms with Crippen LogP contribution in [-0.2, 0) is 24.2 Å². The molecule has 0 aliphatic heterocycles. The highest BCUT2D eigenvalue weighted by Gasteiger charge is 2.23. The Bertz CT molecular complexity index is 787. The lowest BCUT2D eigenvalue weighted by atomic mass is 10.2. The van der Waals surface area contributed by atoms with Crippen LogP contribution in [0.1, 0.15) is 29.1 Å². The zero-order chi connectivity index (χ0) is 15.1. The molecule has 3 rings (SSSR count). The molecule has 0 atom stereocenters. The Hall–Kier alpha value is -2.44. The number of rotatable bonds is 3. The molecule has 21 heavy (non-hydrogen) atoms. The maximum Gasteiger partial charge on any atom is 0.258 e. The number of fused-ring (bicyclic) bond motifs is 1. The first-order valence-electron chi connectivity index (χ1n) is 6.92. The lowest BCUT2D eigenvalue weighted by Gasteiger charge is -2.13. The Kier molecular flexibility index (Phi) is 3.12. The number of amides is 1. The van der Waals surface area contributed by atoms with Crippen LogP contribution in [0.3, 0.4) is 0 Å². The minimum Gasteiger partial charge on any atom is -0.368 e. The molecule has 7 nitrogen and oxygen atoms in total. The molecule has 2 heterocycles. The van der Waals surface area contributed by atoms with E-state index in [0.29, 0.717) is 17.9 Å². The normalized spacial score (nSPS) is 13.4. The van der Waals surface area contributed by atoms with Crippen molar-refractivity contribution in [3.05, 3.63) is 39.1 Å². The second-order valence-electron chi connectivity index (χ2n) is 5.39. The van der Waals surface area contributed by atoms with Crippen molar-refractivity contribution in [2.75, 3.05) is 0 Å². The van der Waals surface area contributed by atoms with Gasteiger partial charge >= 0.3 is 0 Å². The number of carbonyl (C=O) groups is 1. The lowest BCUT2D eigenvalue weighted by Crippen LogP contribution is -2.34. The largest absolute Gasteiger partial charge is 0.368 e. The van der Waals surface area contributed by atoms with Crippen LogP contribution in [0.5, 0.6) is 0 Å². The van der Waals surface area contributed by atoms with Crippen LogP contribution in [0, 0.1) is 13.8 Å². The van der Waals surface area contributed by atoms with Gasteiger partial charge in [0.25, 0.3) is 5.56 Å². The molecule has 110 valence electrons. The quantitative estimate of drug-likeness (QED) is 0.860. The van der Waals surface area contributed by atoms with Gasteiger partial charge in [0.15, 0.2) is 0 Å². The zero-order valence-electron chi connectivity index (χ0n) is 12.1. The third-order valence-electron chi connectivity index (χ3n) is 3.68. The van der Waals surface area contributed by atoms with E-state index in [1.807, 2.05) is 19.9 Å². The molecular weight excluding hydrogens is 270 g/mol. The van der Waals surface area contributed by atoms with Gasteiger partial charge in [0, 0.05) is 11.3 Å². The summed E-state index contributed by atoms with van der Waals surface area (Å²) < 4.78 is 2.92. The van der Waals surface area contributed by atoms with E-state index in [2.05, 4.69) is 10.1 Å². The summed E-state index contributed by atoms with van der Waals surface area (Å²) in [6.45, 7) is 3.56. The Labute approximate surface area is 121 Å². The van der Waals surface area contributed by atoms with Gasteiger partial charge in [0.05, 0.1) is 11.4 Å². The van der Waals surface area contributed by atoms with Crippen LogP contribution in [0.2, 0.25) is 0 Å². The third-order valence-corrected chi connectivity index (χ3v) is 3.68. The van der Waals surface area contributed by atoms with Crippen LogP contribution in [0.15, 0.2) is 10.9 Å². The van der Waals surface area contributed by atoms with Crippen molar-refractivity contribution in [1.82, 2.24) is 19.3 Å². The monoisotopic (exact) mass is 287 g/mol. The summed E-state index contributed by atoms with van der Waals surface area (Å²) in [5.74, 6) is -0.204. The number of nitrogens with zero attached hydrogens (tertiary/aromatic N) is 4. The number of aryl methyl sites for hydroxylation is 3. The van der Waals surface area contributed by atoms with E-state index in [4.69, 9.17) is 5.73 Å².